The quantitative estimate of drug-likeness (QED) is 0.345. The second-order valence-electron chi connectivity index (χ2n) is 10.2. The minimum atomic E-state index is -0.325. The van der Waals surface area contributed by atoms with Gasteiger partial charge in [-0.1, -0.05) is 17.7 Å². The van der Waals surface area contributed by atoms with E-state index in [1.165, 1.54) is 6.20 Å². The van der Waals surface area contributed by atoms with Gasteiger partial charge < -0.3 is 19.7 Å². The van der Waals surface area contributed by atoms with Crippen LogP contribution in [0, 0.1) is 20.8 Å². The maximum Gasteiger partial charge on any atom is 0.350 e. The number of carbonyl (C=O) groups excluding carboxylic acids is 1. The summed E-state index contributed by atoms with van der Waals surface area (Å²) >= 11 is 0. The number of H-pyrrole nitrogens is 1. The SMILES string of the molecule is COc1cc2c(cc1OC)-c1cc(N(c3c(C)cc(C)cc3C)C(C)CNC(=O)c3ccn[nH]3)nc(=O)n1CC2. The Balaban J connectivity index is 1.63. The summed E-state index contributed by atoms with van der Waals surface area (Å²) in [4.78, 5) is 32.8. The molecule has 1 unspecified atom stereocenters. The molecule has 2 N–H and O–H groups in total. The largest absolute Gasteiger partial charge is 0.493 e. The van der Waals surface area contributed by atoms with E-state index >= 15 is 0 Å². The highest BCUT2D eigenvalue weighted by atomic mass is 16.5. The molecule has 40 heavy (non-hydrogen) atoms. The number of nitrogens with zero attached hydrogens (tertiary/aromatic N) is 4. The highest BCUT2D eigenvalue weighted by Crippen LogP contribution is 2.40. The lowest BCUT2D eigenvalue weighted by Crippen LogP contribution is -2.42. The molecule has 2 aromatic heterocycles. The van der Waals surface area contributed by atoms with E-state index in [-0.39, 0.29) is 17.6 Å². The molecule has 0 saturated carbocycles. The molecule has 5 rings (SSSR count). The number of fused-ring (bicyclic) bond motifs is 3. The van der Waals surface area contributed by atoms with Crippen molar-refractivity contribution in [1.29, 1.82) is 0 Å². The molecule has 0 saturated heterocycles. The molecule has 1 aliphatic heterocycles. The van der Waals surface area contributed by atoms with E-state index in [1.807, 2.05) is 25.1 Å². The van der Waals surface area contributed by atoms with Crippen molar-refractivity contribution in [3.63, 3.8) is 0 Å². The van der Waals surface area contributed by atoms with Crippen LogP contribution in [0.5, 0.6) is 11.5 Å². The van der Waals surface area contributed by atoms with E-state index in [4.69, 9.17) is 9.47 Å². The van der Waals surface area contributed by atoms with Gasteiger partial charge in [0.2, 0.25) is 0 Å². The molecule has 2 aromatic carbocycles. The lowest BCUT2D eigenvalue weighted by Gasteiger charge is -2.34. The fourth-order valence-corrected chi connectivity index (χ4v) is 5.58. The van der Waals surface area contributed by atoms with Crippen LogP contribution in [0.15, 0.2) is 47.4 Å². The smallest absolute Gasteiger partial charge is 0.350 e. The zero-order valence-electron chi connectivity index (χ0n) is 23.7. The van der Waals surface area contributed by atoms with Gasteiger partial charge in [0.1, 0.15) is 11.5 Å². The molecule has 1 aliphatic rings. The first-order valence-corrected chi connectivity index (χ1v) is 13.2. The molecular formula is C30H34N6O4. The van der Waals surface area contributed by atoms with Gasteiger partial charge in [-0.05, 0) is 69.0 Å². The summed E-state index contributed by atoms with van der Waals surface area (Å²) in [6.07, 6.45) is 2.22. The third-order valence-corrected chi connectivity index (χ3v) is 7.36. The van der Waals surface area contributed by atoms with Crippen LogP contribution < -0.4 is 25.4 Å². The van der Waals surface area contributed by atoms with Gasteiger partial charge in [-0.3, -0.25) is 14.5 Å². The van der Waals surface area contributed by atoms with Gasteiger partial charge in [0.15, 0.2) is 11.5 Å². The first kappa shape index (κ1) is 27.0. The van der Waals surface area contributed by atoms with Gasteiger partial charge in [-0.25, -0.2) is 4.79 Å². The number of benzene rings is 2. The Morgan fingerprint density at radius 2 is 1.80 bits per heavy atom. The molecule has 0 radical (unpaired) electrons. The van der Waals surface area contributed by atoms with Crippen LogP contribution in [0.1, 0.15) is 39.7 Å². The van der Waals surface area contributed by atoms with Crippen molar-refractivity contribution in [2.75, 3.05) is 25.7 Å². The molecule has 0 aliphatic carbocycles. The second-order valence-corrected chi connectivity index (χ2v) is 10.2. The van der Waals surface area contributed by atoms with Crippen molar-refractivity contribution in [3.05, 3.63) is 81.0 Å². The number of aromatic amines is 1. The third kappa shape index (κ3) is 4.92. The second kappa shape index (κ2) is 10.9. The number of carbonyl (C=O) groups is 1. The summed E-state index contributed by atoms with van der Waals surface area (Å²) in [5.74, 6) is 1.50. The van der Waals surface area contributed by atoms with E-state index in [2.05, 4.69) is 58.3 Å². The maximum atomic E-state index is 13.5. The number of anilines is 2. The molecule has 3 heterocycles. The topological polar surface area (TPSA) is 114 Å². The van der Waals surface area contributed by atoms with Crippen molar-refractivity contribution >= 4 is 17.4 Å². The first-order valence-electron chi connectivity index (χ1n) is 13.2. The Hall–Kier alpha value is -4.60. The fraction of sp³-hybridized carbons (Fsp3) is 0.333. The molecule has 10 heteroatoms. The summed E-state index contributed by atoms with van der Waals surface area (Å²) in [5, 5.41) is 9.54. The Kier molecular flexibility index (Phi) is 7.34. The molecule has 10 nitrogen and oxygen atoms in total. The van der Waals surface area contributed by atoms with Crippen LogP contribution in [-0.2, 0) is 13.0 Å². The van der Waals surface area contributed by atoms with Crippen LogP contribution >= 0.6 is 0 Å². The predicted octanol–water partition coefficient (Wildman–Crippen LogP) is 4.09. The Bertz CT molecular complexity index is 1600. The summed E-state index contributed by atoms with van der Waals surface area (Å²) in [5.41, 5.74) is 7.00. The molecule has 0 bridgehead atoms. The molecule has 4 aromatic rings. The number of nitrogens with one attached hydrogen (secondary N) is 2. The van der Waals surface area contributed by atoms with Gasteiger partial charge in [-0.2, -0.15) is 10.1 Å². The molecule has 1 atom stereocenters. The third-order valence-electron chi connectivity index (χ3n) is 7.36. The van der Waals surface area contributed by atoms with E-state index in [1.54, 1.807) is 24.9 Å². The molecule has 0 spiro atoms. The van der Waals surface area contributed by atoms with Gasteiger partial charge >= 0.3 is 5.69 Å². The number of hydrogen-bond donors (Lipinski definition) is 2. The van der Waals surface area contributed by atoms with Crippen LogP contribution in [-0.4, -0.2) is 52.5 Å². The summed E-state index contributed by atoms with van der Waals surface area (Å²) in [6, 6.07) is 11.5. The lowest BCUT2D eigenvalue weighted by molar-refractivity contribution is 0.0946. The zero-order valence-corrected chi connectivity index (χ0v) is 23.7. The Morgan fingerprint density at radius 3 is 2.45 bits per heavy atom. The molecule has 208 valence electrons. The number of aromatic nitrogens is 4. The van der Waals surface area contributed by atoms with Crippen LogP contribution in [0.3, 0.4) is 0 Å². The first-order chi connectivity index (χ1) is 19.2. The van der Waals surface area contributed by atoms with Crippen LogP contribution in [0.4, 0.5) is 11.5 Å². The predicted molar refractivity (Wildman–Crippen MR) is 154 cm³/mol. The summed E-state index contributed by atoms with van der Waals surface area (Å²) in [6.45, 7) is 9.00. The number of aryl methyl sites for hydroxylation is 4. The Labute approximate surface area is 233 Å². The number of hydrogen-bond acceptors (Lipinski definition) is 7. The maximum absolute atomic E-state index is 13.5. The summed E-state index contributed by atoms with van der Waals surface area (Å²) in [7, 11) is 3.21. The van der Waals surface area contributed by atoms with E-state index in [0.29, 0.717) is 42.5 Å². The number of methoxy groups -OCH3 is 2. The highest BCUT2D eigenvalue weighted by molar-refractivity contribution is 5.92. The van der Waals surface area contributed by atoms with Crippen LogP contribution in [0.2, 0.25) is 0 Å². The van der Waals surface area contributed by atoms with Crippen molar-refractivity contribution in [2.45, 2.75) is 46.7 Å². The molecule has 1 amide bonds. The Morgan fingerprint density at radius 1 is 1.10 bits per heavy atom. The van der Waals surface area contributed by atoms with Crippen LogP contribution in [0.25, 0.3) is 11.3 Å². The summed E-state index contributed by atoms with van der Waals surface area (Å²) < 4.78 is 12.8. The average molecular weight is 543 g/mol. The normalized spacial score (nSPS) is 12.8. The highest BCUT2D eigenvalue weighted by Gasteiger charge is 2.27. The van der Waals surface area contributed by atoms with E-state index in [0.717, 1.165) is 39.2 Å². The standard InChI is InChI=1S/C30H34N6O4/c1-17-11-18(2)28(19(3)12-17)36(20(4)16-31-29(37)23-7-9-32-34-23)27-15-24-22-14-26(40-6)25(39-5)13-21(22)8-10-35(24)30(38)33-27/h7,9,11-15,20H,8,10,16H2,1-6H3,(H,31,37)(H,32,34). The van der Waals surface area contributed by atoms with Gasteiger partial charge in [0.05, 0.1) is 26.0 Å². The van der Waals surface area contributed by atoms with Gasteiger partial charge in [-0.15, -0.1) is 0 Å². The fourth-order valence-electron chi connectivity index (χ4n) is 5.58. The lowest BCUT2D eigenvalue weighted by atomic mass is 9.96. The van der Waals surface area contributed by atoms with Gasteiger partial charge in [0, 0.05) is 36.6 Å². The minimum absolute atomic E-state index is 0.240. The monoisotopic (exact) mass is 542 g/mol. The van der Waals surface area contributed by atoms with Crippen molar-refractivity contribution in [2.24, 2.45) is 0 Å². The number of rotatable bonds is 8. The van der Waals surface area contributed by atoms with Gasteiger partial charge in [0.25, 0.3) is 5.91 Å². The van der Waals surface area contributed by atoms with E-state index in [9.17, 15) is 9.59 Å². The minimum Gasteiger partial charge on any atom is -0.493 e. The average Bonchev–Trinajstić information content (AvgIpc) is 3.47. The molecular weight excluding hydrogens is 508 g/mol. The number of ether oxygens (including phenoxy) is 2. The van der Waals surface area contributed by atoms with Crippen molar-refractivity contribution < 1.29 is 14.3 Å². The molecule has 0 fully saturated rings. The number of amides is 1. The zero-order chi connectivity index (χ0) is 28.6. The van der Waals surface area contributed by atoms with Crippen molar-refractivity contribution in [3.8, 4) is 22.8 Å². The van der Waals surface area contributed by atoms with Crippen molar-refractivity contribution in [1.82, 2.24) is 25.1 Å². The van der Waals surface area contributed by atoms with E-state index < -0.39 is 0 Å².